The number of esters is 1. The Hall–Kier alpha value is -3.09. The molecule has 1 aliphatic heterocycles. The minimum Gasteiger partial charge on any atom is -0.459 e. The van der Waals surface area contributed by atoms with Crippen molar-refractivity contribution in [2.45, 2.75) is 31.1 Å². The fraction of sp³-hybridized carbons (Fsp3) is 0.435. The van der Waals surface area contributed by atoms with Crippen molar-refractivity contribution in [3.05, 3.63) is 60.1 Å². The van der Waals surface area contributed by atoms with E-state index in [4.69, 9.17) is 9.15 Å². The Morgan fingerprint density at radius 3 is 2.20 bits per heavy atom. The molecule has 7 heteroatoms. The number of nitrogens with zero attached hydrogens (tertiary/aromatic N) is 2. The van der Waals surface area contributed by atoms with E-state index in [-0.39, 0.29) is 24.4 Å². The molecule has 0 N–H and O–H groups in total. The Bertz CT molecular complexity index is 880. The van der Waals surface area contributed by atoms with Gasteiger partial charge in [-0.3, -0.25) is 14.4 Å². The van der Waals surface area contributed by atoms with Crippen LogP contribution < -0.4 is 0 Å². The Morgan fingerprint density at radius 1 is 0.900 bits per heavy atom. The third-order valence-corrected chi connectivity index (χ3v) is 6.15. The van der Waals surface area contributed by atoms with Gasteiger partial charge < -0.3 is 19.0 Å². The lowest BCUT2D eigenvalue weighted by Gasteiger charge is -2.34. The van der Waals surface area contributed by atoms with Crippen molar-refractivity contribution in [3.8, 4) is 0 Å². The maximum Gasteiger partial charge on any atom is 0.317 e. The lowest BCUT2D eigenvalue weighted by molar-refractivity contribution is -0.157. The topological polar surface area (TPSA) is 80.1 Å². The maximum absolute atomic E-state index is 13.0. The zero-order chi connectivity index (χ0) is 21.0. The smallest absolute Gasteiger partial charge is 0.317 e. The van der Waals surface area contributed by atoms with Crippen LogP contribution in [0.15, 0.2) is 53.1 Å². The van der Waals surface area contributed by atoms with Crippen LogP contribution in [0.2, 0.25) is 0 Å². The summed E-state index contributed by atoms with van der Waals surface area (Å²) in [5.74, 6) is -0.420. The van der Waals surface area contributed by atoms with Gasteiger partial charge >= 0.3 is 5.97 Å². The Balaban J connectivity index is 1.30. The summed E-state index contributed by atoms with van der Waals surface area (Å²) in [6, 6.07) is 13.0. The third-order valence-electron chi connectivity index (χ3n) is 6.15. The number of rotatable bonds is 5. The van der Waals surface area contributed by atoms with E-state index in [1.165, 1.54) is 6.26 Å². The first kappa shape index (κ1) is 20.2. The summed E-state index contributed by atoms with van der Waals surface area (Å²) in [5.41, 5.74) is 0.320. The van der Waals surface area contributed by atoms with Gasteiger partial charge in [-0.2, -0.15) is 0 Å². The number of ether oxygens (including phenoxy) is 1. The molecular weight excluding hydrogens is 384 g/mol. The van der Waals surface area contributed by atoms with Crippen LogP contribution in [0.3, 0.4) is 0 Å². The van der Waals surface area contributed by atoms with Crippen LogP contribution in [0.4, 0.5) is 0 Å². The summed E-state index contributed by atoms with van der Waals surface area (Å²) >= 11 is 0. The lowest BCUT2D eigenvalue weighted by atomic mass is 9.79. The molecule has 0 unspecified atom stereocenters. The number of furan rings is 1. The van der Waals surface area contributed by atoms with Gasteiger partial charge in [0.25, 0.3) is 11.8 Å². The first-order valence-electron chi connectivity index (χ1n) is 10.4. The van der Waals surface area contributed by atoms with Crippen LogP contribution in [0.5, 0.6) is 0 Å². The van der Waals surface area contributed by atoms with Crippen molar-refractivity contribution in [2.24, 2.45) is 0 Å². The predicted octanol–water partition coefficient (Wildman–Crippen LogP) is 2.62. The normalized spacial score (nSPS) is 18.3. The van der Waals surface area contributed by atoms with Gasteiger partial charge in [0.1, 0.15) is 0 Å². The lowest BCUT2D eigenvalue weighted by Crippen LogP contribution is -2.51. The average Bonchev–Trinajstić information content (AvgIpc) is 3.50. The second-order valence-electron chi connectivity index (χ2n) is 7.88. The summed E-state index contributed by atoms with van der Waals surface area (Å²) in [5, 5.41) is 0. The Labute approximate surface area is 175 Å². The van der Waals surface area contributed by atoms with Crippen molar-refractivity contribution >= 4 is 17.8 Å². The zero-order valence-corrected chi connectivity index (χ0v) is 16.9. The summed E-state index contributed by atoms with van der Waals surface area (Å²) < 4.78 is 10.7. The van der Waals surface area contributed by atoms with Gasteiger partial charge in [-0.05, 0) is 30.5 Å². The summed E-state index contributed by atoms with van der Waals surface area (Å²) in [7, 11) is 0. The van der Waals surface area contributed by atoms with E-state index in [9.17, 15) is 14.4 Å². The van der Waals surface area contributed by atoms with Crippen LogP contribution >= 0.6 is 0 Å². The van der Waals surface area contributed by atoms with Crippen molar-refractivity contribution in [1.82, 2.24) is 9.80 Å². The molecule has 0 spiro atoms. The number of piperazine rings is 1. The standard InChI is InChI=1S/C23H26N2O5/c26-20(24-12-14-25(15-13-24)21(27)19-9-6-16-29-19)17-30-22(28)23(10-4-5-11-23)18-7-2-1-3-8-18/h1-3,6-9,16H,4-5,10-15,17H2. The minimum atomic E-state index is -0.643. The molecule has 2 aromatic rings. The van der Waals surface area contributed by atoms with Gasteiger partial charge in [0.15, 0.2) is 12.4 Å². The molecular formula is C23H26N2O5. The molecule has 2 heterocycles. The van der Waals surface area contributed by atoms with E-state index in [1.807, 2.05) is 30.3 Å². The van der Waals surface area contributed by atoms with E-state index in [0.29, 0.717) is 31.9 Å². The number of hydrogen-bond acceptors (Lipinski definition) is 5. The molecule has 1 aromatic carbocycles. The Morgan fingerprint density at radius 2 is 1.57 bits per heavy atom. The van der Waals surface area contributed by atoms with Gasteiger partial charge in [-0.15, -0.1) is 0 Å². The molecule has 4 rings (SSSR count). The quantitative estimate of drug-likeness (QED) is 0.708. The largest absolute Gasteiger partial charge is 0.459 e. The average molecular weight is 410 g/mol. The minimum absolute atomic E-state index is 0.176. The molecule has 0 atom stereocenters. The molecule has 1 saturated carbocycles. The van der Waals surface area contributed by atoms with E-state index < -0.39 is 5.41 Å². The van der Waals surface area contributed by atoms with Gasteiger partial charge in [0.05, 0.1) is 11.7 Å². The second-order valence-corrected chi connectivity index (χ2v) is 7.88. The third kappa shape index (κ3) is 3.97. The van der Waals surface area contributed by atoms with Crippen LogP contribution in [-0.2, 0) is 19.7 Å². The van der Waals surface area contributed by atoms with Crippen molar-refractivity contribution in [1.29, 1.82) is 0 Å². The SMILES string of the molecule is O=C(COC(=O)C1(c2ccccc2)CCCC1)N1CCN(C(=O)c2ccco2)CC1. The first-order chi connectivity index (χ1) is 14.6. The molecule has 1 aliphatic carbocycles. The second kappa shape index (κ2) is 8.73. The molecule has 30 heavy (non-hydrogen) atoms. The van der Waals surface area contributed by atoms with Gasteiger partial charge in [0.2, 0.25) is 0 Å². The zero-order valence-electron chi connectivity index (χ0n) is 16.9. The number of benzene rings is 1. The van der Waals surface area contributed by atoms with E-state index in [0.717, 1.165) is 31.2 Å². The maximum atomic E-state index is 13.0. The first-order valence-corrected chi connectivity index (χ1v) is 10.4. The number of carbonyl (C=O) groups is 3. The molecule has 7 nitrogen and oxygen atoms in total. The van der Waals surface area contributed by atoms with E-state index >= 15 is 0 Å². The summed E-state index contributed by atoms with van der Waals surface area (Å²) in [4.78, 5) is 41.2. The van der Waals surface area contributed by atoms with Gasteiger partial charge in [-0.1, -0.05) is 43.2 Å². The van der Waals surface area contributed by atoms with Crippen LogP contribution in [0, 0.1) is 0 Å². The van der Waals surface area contributed by atoms with Crippen molar-refractivity contribution < 1.29 is 23.5 Å². The van der Waals surface area contributed by atoms with Crippen molar-refractivity contribution in [2.75, 3.05) is 32.8 Å². The molecule has 0 radical (unpaired) electrons. The molecule has 1 aromatic heterocycles. The molecule has 2 fully saturated rings. The molecule has 2 amide bonds. The predicted molar refractivity (Wildman–Crippen MR) is 109 cm³/mol. The van der Waals surface area contributed by atoms with Crippen LogP contribution in [-0.4, -0.2) is 60.4 Å². The fourth-order valence-electron chi connectivity index (χ4n) is 4.42. The van der Waals surface area contributed by atoms with E-state index in [2.05, 4.69) is 0 Å². The molecule has 1 saturated heterocycles. The monoisotopic (exact) mass is 410 g/mol. The van der Waals surface area contributed by atoms with Gasteiger partial charge in [-0.25, -0.2) is 0 Å². The highest BCUT2D eigenvalue weighted by atomic mass is 16.5. The molecule has 2 aliphatic rings. The van der Waals surface area contributed by atoms with Crippen LogP contribution in [0.25, 0.3) is 0 Å². The molecule has 158 valence electrons. The fourth-order valence-corrected chi connectivity index (χ4v) is 4.42. The van der Waals surface area contributed by atoms with Gasteiger partial charge in [0, 0.05) is 26.2 Å². The van der Waals surface area contributed by atoms with Crippen LogP contribution in [0.1, 0.15) is 41.8 Å². The van der Waals surface area contributed by atoms with Crippen molar-refractivity contribution in [3.63, 3.8) is 0 Å². The number of hydrogen-bond donors (Lipinski definition) is 0. The highest BCUT2D eigenvalue weighted by Crippen LogP contribution is 2.42. The summed E-state index contributed by atoms with van der Waals surface area (Å²) in [6.45, 7) is 1.40. The highest BCUT2D eigenvalue weighted by molar-refractivity contribution is 5.91. The van der Waals surface area contributed by atoms with E-state index in [1.54, 1.807) is 21.9 Å². The number of amides is 2. The Kier molecular flexibility index (Phi) is 5.88. The summed E-state index contributed by atoms with van der Waals surface area (Å²) in [6.07, 6.45) is 4.91. The number of carbonyl (C=O) groups excluding carboxylic acids is 3. The molecule has 0 bridgehead atoms. The highest BCUT2D eigenvalue weighted by Gasteiger charge is 2.44.